The molecule has 1 aliphatic rings. The molecule has 0 heteroatoms. The second-order valence-electron chi connectivity index (χ2n) is 2.83. The minimum absolute atomic E-state index is 0.856. The molecule has 0 bridgehead atoms. The van der Waals surface area contributed by atoms with Crippen LogP contribution in [0.25, 0.3) is 0 Å². The van der Waals surface area contributed by atoms with Gasteiger partial charge in [0.05, 0.1) is 5.92 Å². The third-order valence-corrected chi connectivity index (χ3v) is 1.76. The lowest BCUT2D eigenvalue weighted by molar-refractivity contribution is 0.712. The predicted octanol–water partition coefficient (Wildman–Crippen LogP) is 2.26. The van der Waals surface area contributed by atoms with Crippen LogP contribution in [0.4, 0.5) is 0 Å². The topological polar surface area (TPSA) is 0 Å². The molecule has 0 N–H and O–H groups in total. The molecule has 0 radical (unpaired) electrons. The van der Waals surface area contributed by atoms with Gasteiger partial charge in [0, 0.05) is 0 Å². The molecule has 1 unspecified atom stereocenters. The van der Waals surface area contributed by atoms with Gasteiger partial charge in [-0.15, -0.1) is 0 Å². The number of hydrogen-bond donors (Lipinski definition) is 0. The van der Waals surface area contributed by atoms with Crippen LogP contribution in [0.5, 0.6) is 0 Å². The maximum atomic E-state index is 2.30. The van der Waals surface area contributed by atoms with Crippen molar-refractivity contribution in [3.05, 3.63) is 5.92 Å². The van der Waals surface area contributed by atoms with Gasteiger partial charge < -0.3 is 0 Å². The first-order valence-corrected chi connectivity index (χ1v) is 3.07. The minimum atomic E-state index is 0.856. The van der Waals surface area contributed by atoms with E-state index in [0.29, 0.717) is 0 Å². The zero-order valence-electron chi connectivity index (χ0n) is 5.36. The monoisotopic (exact) mass is 97.1 g/mol. The Kier molecular flexibility index (Phi) is 1.02. The summed E-state index contributed by atoms with van der Waals surface area (Å²) in [6.45, 7) is 6.85. The summed E-state index contributed by atoms with van der Waals surface area (Å²) < 4.78 is 0. The third kappa shape index (κ3) is 0.902. The van der Waals surface area contributed by atoms with Gasteiger partial charge in [-0.1, -0.05) is 0 Å². The highest BCUT2D eigenvalue weighted by Gasteiger charge is 2.49. The summed E-state index contributed by atoms with van der Waals surface area (Å²) in [5.74, 6) is 3.58. The summed E-state index contributed by atoms with van der Waals surface area (Å²) in [7, 11) is 0. The first kappa shape index (κ1) is 5.02. The molecule has 1 saturated carbocycles. The van der Waals surface area contributed by atoms with Crippen LogP contribution in [0.3, 0.4) is 0 Å². The molecule has 0 nitrogen and oxygen atoms in total. The number of hydrogen-bond acceptors (Lipinski definition) is 0. The highest BCUT2D eigenvalue weighted by atomic mass is 14.4. The lowest BCUT2D eigenvalue weighted by Gasteiger charge is -1.85. The van der Waals surface area contributed by atoms with E-state index >= 15 is 0 Å². The second kappa shape index (κ2) is 1.43. The van der Waals surface area contributed by atoms with Crippen molar-refractivity contribution < 1.29 is 0 Å². The van der Waals surface area contributed by atoms with E-state index in [4.69, 9.17) is 0 Å². The molecule has 0 aromatic heterocycles. The van der Waals surface area contributed by atoms with Crippen molar-refractivity contribution >= 4 is 0 Å². The Bertz CT molecular complexity index is 64.4. The van der Waals surface area contributed by atoms with Crippen LogP contribution in [0, 0.1) is 17.8 Å². The van der Waals surface area contributed by atoms with Crippen LogP contribution >= 0.6 is 0 Å². The Morgan fingerprint density at radius 2 is 2.00 bits per heavy atom. The first-order chi connectivity index (χ1) is 3.22. The quantitative estimate of drug-likeness (QED) is 0.440. The molecule has 0 aromatic rings. The Morgan fingerprint density at radius 1 is 1.57 bits per heavy atom. The Labute approximate surface area is 45.9 Å². The lowest BCUT2D eigenvalue weighted by atomic mass is 10.1. The standard InChI is InChI=1S/C7H13/c1-5(2)7-4-6(7)3/h5-6H,4H2,1-3H3/q+1. The zero-order chi connectivity index (χ0) is 5.44. The Balaban J connectivity index is 2.20. The van der Waals surface area contributed by atoms with Crippen molar-refractivity contribution in [3.63, 3.8) is 0 Å². The van der Waals surface area contributed by atoms with Crippen molar-refractivity contribution in [1.29, 1.82) is 0 Å². The fourth-order valence-electron chi connectivity index (χ4n) is 1.10. The highest BCUT2D eigenvalue weighted by molar-refractivity contribution is 5.13. The molecule has 0 saturated heterocycles. The summed E-state index contributed by atoms with van der Waals surface area (Å²) in [5.41, 5.74) is 0. The van der Waals surface area contributed by atoms with E-state index in [0.717, 1.165) is 11.8 Å². The molecule has 0 aromatic carbocycles. The molecule has 0 spiro atoms. The largest absolute Gasteiger partial charge is 0.138 e. The smallest absolute Gasteiger partial charge is 0.0216 e. The summed E-state index contributed by atoms with van der Waals surface area (Å²) in [6.07, 6.45) is 1.40. The highest BCUT2D eigenvalue weighted by Crippen LogP contribution is 2.45. The molecule has 7 heavy (non-hydrogen) atoms. The van der Waals surface area contributed by atoms with E-state index in [1.54, 1.807) is 5.92 Å². The van der Waals surface area contributed by atoms with Gasteiger partial charge in [-0.3, -0.25) is 0 Å². The average Bonchev–Trinajstić information content (AvgIpc) is 2.17. The lowest BCUT2D eigenvalue weighted by Crippen LogP contribution is -1.86. The first-order valence-electron chi connectivity index (χ1n) is 3.07. The van der Waals surface area contributed by atoms with Gasteiger partial charge in [0.15, 0.2) is 0 Å². The Morgan fingerprint density at radius 3 is 2.00 bits per heavy atom. The fraction of sp³-hybridized carbons (Fsp3) is 0.857. The third-order valence-electron chi connectivity index (χ3n) is 1.76. The van der Waals surface area contributed by atoms with Crippen LogP contribution in [-0.2, 0) is 0 Å². The number of rotatable bonds is 1. The van der Waals surface area contributed by atoms with E-state index in [1.165, 1.54) is 6.42 Å². The average molecular weight is 97.2 g/mol. The van der Waals surface area contributed by atoms with Crippen molar-refractivity contribution in [2.75, 3.05) is 0 Å². The van der Waals surface area contributed by atoms with E-state index in [9.17, 15) is 0 Å². The van der Waals surface area contributed by atoms with Crippen molar-refractivity contribution in [3.8, 4) is 0 Å². The SMILES string of the molecule is CC(C)[C+]1CC1C. The van der Waals surface area contributed by atoms with Crippen LogP contribution in [0.1, 0.15) is 27.2 Å². The molecule has 1 fully saturated rings. The van der Waals surface area contributed by atoms with Gasteiger partial charge in [-0.05, 0) is 20.8 Å². The molecule has 1 aliphatic carbocycles. The molecular weight excluding hydrogens is 84.1 g/mol. The molecular formula is C7H13+. The van der Waals surface area contributed by atoms with Crippen molar-refractivity contribution in [2.45, 2.75) is 27.2 Å². The summed E-state index contributed by atoms with van der Waals surface area (Å²) in [4.78, 5) is 0. The summed E-state index contributed by atoms with van der Waals surface area (Å²) in [6, 6.07) is 0. The van der Waals surface area contributed by atoms with Gasteiger partial charge in [0.25, 0.3) is 0 Å². The molecule has 40 valence electrons. The fourth-order valence-corrected chi connectivity index (χ4v) is 1.10. The van der Waals surface area contributed by atoms with Crippen LogP contribution in [0.15, 0.2) is 0 Å². The summed E-state index contributed by atoms with van der Waals surface area (Å²) >= 11 is 0. The van der Waals surface area contributed by atoms with E-state index < -0.39 is 0 Å². The molecule has 1 atom stereocenters. The van der Waals surface area contributed by atoms with E-state index in [2.05, 4.69) is 20.8 Å². The van der Waals surface area contributed by atoms with Crippen LogP contribution in [0.2, 0.25) is 0 Å². The van der Waals surface area contributed by atoms with Gasteiger partial charge in [-0.2, -0.15) is 0 Å². The van der Waals surface area contributed by atoms with Crippen molar-refractivity contribution in [1.82, 2.24) is 0 Å². The maximum Gasteiger partial charge on any atom is 0.138 e. The van der Waals surface area contributed by atoms with Crippen LogP contribution in [-0.4, -0.2) is 0 Å². The van der Waals surface area contributed by atoms with Gasteiger partial charge in [0.2, 0.25) is 0 Å². The molecule has 0 aliphatic heterocycles. The van der Waals surface area contributed by atoms with E-state index in [-0.39, 0.29) is 0 Å². The summed E-state index contributed by atoms with van der Waals surface area (Å²) in [5, 5.41) is 0. The molecule has 0 amide bonds. The molecule has 1 rings (SSSR count). The predicted molar refractivity (Wildman–Crippen MR) is 31.9 cm³/mol. The molecule has 0 heterocycles. The van der Waals surface area contributed by atoms with Gasteiger partial charge >= 0.3 is 0 Å². The van der Waals surface area contributed by atoms with Gasteiger partial charge in [0.1, 0.15) is 18.3 Å². The normalized spacial score (nSPS) is 29.1. The Hall–Kier alpha value is -0.130. The zero-order valence-corrected chi connectivity index (χ0v) is 5.36. The minimum Gasteiger partial charge on any atom is -0.0216 e. The van der Waals surface area contributed by atoms with E-state index in [1.807, 2.05) is 0 Å². The van der Waals surface area contributed by atoms with Gasteiger partial charge in [-0.25, -0.2) is 0 Å². The maximum absolute atomic E-state index is 2.30. The van der Waals surface area contributed by atoms with Crippen LogP contribution < -0.4 is 0 Å². The second-order valence-corrected chi connectivity index (χ2v) is 2.83. The van der Waals surface area contributed by atoms with Crippen molar-refractivity contribution in [2.24, 2.45) is 11.8 Å².